The number of methoxy groups -OCH3 is 1. The van der Waals surface area contributed by atoms with Gasteiger partial charge in [-0.1, -0.05) is 56.7 Å². The highest BCUT2D eigenvalue weighted by Crippen LogP contribution is 2.51. The Morgan fingerprint density at radius 3 is 2.45 bits per heavy atom. The molecule has 0 N–H and O–H groups in total. The Morgan fingerprint density at radius 2 is 1.77 bits per heavy atom. The van der Waals surface area contributed by atoms with E-state index in [4.69, 9.17) is 9.47 Å². The number of rotatable bonds is 10. The summed E-state index contributed by atoms with van der Waals surface area (Å²) in [7, 11) is 1.42. The molecule has 2 aliphatic rings. The van der Waals surface area contributed by atoms with E-state index in [1.165, 1.54) is 13.2 Å². The fourth-order valence-corrected chi connectivity index (χ4v) is 6.34. The van der Waals surface area contributed by atoms with E-state index < -0.39 is 12.2 Å². The third kappa shape index (κ3) is 6.21. The minimum atomic E-state index is -2.67. The molecule has 0 unspecified atom stereocenters. The normalized spacial score (nSPS) is 19.0. The van der Waals surface area contributed by atoms with Crippen molar-refractivity contribution in [2.45, 2.75) is 77.2 Å². The van der Waals surface area contributed by atoms with Crippen molar-refractivity contribution >= 4 is 5.97 Å². The van der Waals surface area contributed by atoms with E-state index in [0.717, 1.165) is 66.7 Å². The van der Waals surface area contributed by atoms with Crippen LogP contribution >= 0.6 is 0 Å². The first-order valence-electron chi connectivity index (χ1n) is 14.2. The van der Waals surface area contributed by atoms with Crippen molar-refractivity contribution in [3.8, 4) is 16.9 Å². The minimum absolute atomic E-state index is 0.0107. The van der Waals surface area contributed by atoms with Gasteiger partial charge in [-0.2, -0.15) is 0 Å². The van der Waals surface area contributed by atoms with Crippen LogP contribution in [0.1, 0.15) is 92.9 Å². The number of ether oxygens (including phenoxy) is 2. The van der Waals surface area contributed by atoms with Gasteiger partial charge >= 0.3 is 5.97 Å². The smallest absolute Gasteiger partial charge is 0.306 e. The summed E-state index contributed by atoms with van der Waals surface area (Å²) in [6.45, 7) is 4.76. The molecule has 0 radical (unpaired) electrons. The topological polar surface area (TPSA) is 35.5 Å². The highest BCUT2D eigenvalue weighted by atomic mass is 19.3. The van der Waals surface area contributed by atoms with Crippen molar-refractivity contribution in [3.63, 3.8) is 0 Å². The Hall–Kier alpha value is -3.28. The summed E-state index contributed by atoms with van der Waals surface area (Å²) < 4.78 is 53.1. The van der Waals surface area contributed by atoms with Gasteiger partial charge in [0, 0.05) is 11.1 Å². The van der Waals surface area contributed by atoms with Crippen LogP contribution in [0.15, 0.2) is 60.7 Å². The largest absolute Gasteiger partial charge is 0.489 e. The van der Waals surface area contributed by atoms with Gasteiger partial charge in [-0.15, -0.1) is 0 Å². The molecule has 0 aliphatic heterocycles. The summed E-state index contributed by atoms with van der Waals surface area (Å²) in [5, 5.41) is 0. The molecule has 2 aliphatic carbocycles. The van der Waals surface area contributed by atoms with E-state index >= 15 is 4.39 Å². The summed E-state index contributed by atoms with van der Waals surface area (Å²) in [6.07, 6.45) is 3.00. The third-order valence-corrected chi connectivity index (χ3v) is 8.78. The van der Waals surface area contributed by atoms with Crippen molar-refractivity contribution in [2.24, 2.45) is 11.3 Å². The first-order chi connectivity index (χ1) is 19.2. The maximum absolute atomic E-state index is 15.0. The summed E-state index contributed by atoms with van der Waals surface area (Å²) in [5.74, 6) is 0.794. The molecular formula is C34H37F3O3. The fraction of sp³-hybridized carbons (Fsp3) is 0.441. The molecule has 0 saturated heterocycles. The van der Waals surface area contributed by atoms with Gasteiger partial charge in [0.15, 0.2) is 0 Å². The Balaban J connectivity index is 1.43. The van der Waals surface area contributed by atoms with E-state index in [1.54, 1.807) is 0 Å². The van der Waals surface area contributed by atoms with Crippen LogP contribution in [0.3, 0.4) is 0 Å². The molecule has 0 heterocycles. The van der Waals surface area contributed by atoms with Crippen LogP contribution < -0.4 is 4.74 Å². The second-order valence-electron chi connectivity index (χ2n) is 12.0. The van der Waals surface area contributed by atoms with Gasteiger partial charge in [0.2, 0.25) is 0 Å². The third-order valence-electron chi connectivity index (χ3n) is 8.78. The Kier molecular flexibility index (Phi) is 8.25. The number of hydrogen-bond donors (Lipinski definition) is 0. The van der Waals surface area contributed by atoms with Crippen molar-refractivity contribution in [1.29, 1.82) is 0 Å². The van der Waals surface area contributed by atoms with Gasteiger partial charge in [-0.25, -0.2) is 13.2 Å². The van der Waals surface area contributed by atoms with Gasteiger partial charge < -0.3 is 9.47 Å². The van der Waals surface area contributed by atoms with E-state index in [2.05, 4.69) is 19.9 Å². The number of esters is 1. The van der Waals surface area contributed by atoms with Gasteiger partial charge in [-0.3, -0.25) is 4.79 Å². The molecule has 2 fully saturated rings. The molecule has 3 aromatic carbocycles. The van der Waals surface area contributed by atoms with Gasteiger partial charge in [0.05, 0.1) is 13.5 Å². The number of carbonyl (C=O) groups excluding carboxylic acids is 1. The average Bonchev–Trinajstić information content (AvgIpc) is 3.72. The molecule has 3 aromatic rings. The minimum Gasteiger partial charge on any atom is -0.489 e. The highest BCUT2D eigenvalue weighted by Gasteiger charge is 2.37. The SMILES string of the molecule is COC(=O)C[C@@H](c1cccc(OCc2ccc(-c3cc(C(F)F)ccc3F)c([C@H]3CCCC3(C)C)c2)c1)C1CC1. The van der Waals surface area contributed by atoms with Crippen LogP contribution in [0, 0.1) is 17.2 Å². The number of benzene rings is 3. The lowest BCUT2D eigenvalue weighted by atomic mass is 9.75. The molecule has 40 heavy (non-hydrogen) atoms. The number of hydrogen-bond acceptors (Lipinski definition) is 3. The first kappa shape index (κ1) is 28.3. The predicted molar refractivity (Wildman–Crippen MR) is 150 cm³/mol. The zero-order valence-electron chi connectivity index (χ0n) is 23.4. The van der Waals surface area contributed by atoms with Crippen molar-refractivity contribution in [3.05, 3.63) is 88.7 Å². The molecule has 2 atom stereocenters. The van der Waals surface area contributed by atoms with Crippen LogP contribution in [0.4, 0.5) is 13.2 Å². The maximum atomic E-state index is 15.0. The Morgan fingerprint density at radius 1 is 0.975 bits per heavy atom. The summed E-state index contributed by atoms with van der Waals surface area (Å²) in [4.78, 5) is 12.0. The van der Waals surface area contributed by atoms with Crippen LogP contribution in [0.2, 0.25) is 0 Å². The molecule has 0 bridgehead atoms. The molecule has 0 amide bonds. The Bertz CT molecular complexity index is 1360. The van der Waals surface area contributed by atoms with Crippen LogP contribution in [-0.2, 0) is 16.1 Å². The highest BCUT2D eigenvalue weighted by molar-refractivity contribution is 5.71. The lowest BCUT2D eigenvalue weighted by molar-refractivity contribution is -0.141. The van der Waals surface area contributed by atoms with Gasteiger partial charge in [0.1, 0.15) is 18.2 Å². The maximum Gasteiger partial charge on any atom is 0.306 e. The molecular weight excluding hydrogens is 513 g/mol. The number of carbonyl (C=O) groups is 1. The Labute approximate surface area is 234 Å². The lowest BCUT2D eigenvalue weighted by Crippen LogP contribution is -2.17. The van der Waals surface area contributed by atoms with E-state index in [9.17, 15) is 13.6 Å². The first-order valence-corrected chi connectivity index (χ1v) is 14.2. The van der Waals surface area contributed by atoms with E-state index in [-0.39, 0.29) is 34.3 Å². The molecule has 0 spiro atoms. The van der Waals surface area contributed by atoms with E-state index in [0.29, 0.717) is 24.5 Å². The molecule has 0 aromatic heterocycles. The molecule has 5 rings (SSSR count). The summed E-state index contributed by atoms with van der Waals surface area (Å²) in [5.41, 5.74) is 3.70. The summed E-state index contributed by atoms with van der Waals surface area (Å²) in [6, 6.07) is 17.3. The zero-order valence-corrected chi connectivity index (χ0v) is 23.4. The standard InChI is InChI=1S/C34H37F3O3/c1-34(2)15-5-8-30(34)28-16-21(9-13-26(28)29-18-24(33(36)37)12-14-31(29)35)20-40-25-7-4-6-23(17-25)27(22-10-11-22)19-32(38)39-3/h4,6-7,9,12-14,16-18,22,27,30,33H,5,8,10-11,15,19-20H2,1-3H3/t27-,30-/m1/s1. The quantitative estimate of drug-likeness (QED) is 0.236. The number of alkyl halides is 2. The average molecular weight is 551 g/mol. The molecule has 3 nitrogen and oxygen atoms in total. The lowest BCUT2D eigenvalue weighted by Gasteiger charge is -2.30. The predicted octanol–water partition coefficient (Wildman–Crippen LogP) is 9.36. The number of halogens is 3. The van der Waals surface area contributed by atoms with Crippen molar-refractivity contribution < 1.29 is 27.4 Å². The van der Waals surface area contributed by atoms with Crippen LogP contribution in [-0.4, -0.2) is 13.1 Å². The molecule has 6 heteroatoms. The molecule has 2 saturated carbocycles. The summed E-state index contributed by atoms with van der Waals surface area (Å²) >= 11 is 0. The van der Waals surface area contributed by atoms with Crippen LogP contribution in [0.5, 0.6) is 5.75 Å². The monoisotopic (exact) mass is 550 g/mol. The van der Waals surface area contributed by atoms with Crippen molar-refractivity contribution in [2.75, 3.05) is 7.11 Å². The molecule has 212 valence electrons. The van der Waals surface area contributed by atoms with Gasteiger partial charge in [0.25, 0.3) is 6.43 Å². The second-order valence-corrected chi connectivity index (χ2v) is 12.0. The van der Waals surface area contributed by atoms with E-state index in [1.807, 2.05) is 36.4 Å². The zero-order chi connectivity index (χ0) is 28.4. The second kappa shape index (κ2) is 11.7. The fourth-order valence-electron chi connectivity index (χ4n) is 6.34. The van der Waals surface area contributed by atoms with Gasteiger partial charge in [-0.05, 0) is 95.4 Å². The van der Waals surface area contributed by atoms with Crippen LogP contribution in [0.25, 0.3) is 11.1 Å². The van der Waals surface area contributed by atoms with Crippen molar-refractivity contribution in [1.82, 2.24) is 0 Å².